The number of halogens is 3. The summed E-state index contributed by atoms with van der Waals surface area (Å²) in [5, 5.41) is 4.82. The van der Waals surface area contributed by atoms with E-state index in [9.17, 15) is 9.18 Å². The van der Waals surface area contributed by atoms with Gasteiger partial charge in [0.05, 0.1) is 5.69 Å². The van der Waals surface area contributed by atoms with Crippen molar-refractivity contribution < 1.29 is 13.7 Å². The largest absolute Gasteiger partial charge is 0.334 e. The van der Waals surface area contributed by atoms with Crippen LogP contribution in [-0.2, 0) is 4.79 Å². The van der Waals surface area contributed by atoms with E-state index in [0.717, 1.165) is 0 Å². The Labute approximate surface area is 158 Å². The van der Waals surface area contributed by atoms with Crippen molar-refractivity contribution in [1.82, 2.24) is 10.1 Å². The molecule has 0 radical (unpaired) electrons. The van der Waals surface area contributed by atoms with Crippen LogP contribution in [0.1, 0.15) is 18.2 Å². The lowest BCUT2D eigenvalue weighted by molar-refractivity contribution is -0.117. The number of aromatic nitrogens is 2. The minimum Gasteiger partial charge on any atom is -0.334 e. The van der Waals surface area contributed by atoms with E-state index in [1.807, 2.05) is 0 Å². The molecule has 1 aliphatic heterocycles. The molecule has 1 aromatic heterocycles. The van der Waals surface area contributed by atoms with Gasteiger partial charge in [-0.05, 0) is 36.4 Å². The van der Waals surface area contributed by atoms with E-state index in [4.69, 9.17) is 27.7 Å². The van der Waals surface area contributed by atoms with Crippen molar-refractivity contribution in [3.63, 3.8) is 0 Å². The van der Waals surface area contributed by atoms with Gasteiger partial charge in [-0.1, -0.05) is 34.4 Å². The first-order valence-electron chi connectivity index (χ1n) is 7.86. The zero-order valence-corrected chi connectivity index (χ0v) is 14.8. The number of amides is 1. The van der Waals surface area contributed by atoms with Gasteiger partial charge in [0.2, 0.25) is 5.91 Å². The van der Waals surface area contributed by atoms with Gasteiger partial charge in [0, 0.05) is 34.5 Å². The molecule has 1 saturated heterocycles. The van der Waals surface area contributed by atoms with E-state index in [2.05, 4.69) is 10.1 Å². The quantitative estimate of drug-likeness (QED) is 0.648. The highest BCUT2D eigenvalue weighted by atomic mass is 35.5. The SMILES string of the molecule is O=C1CC(c2noc(-c3cccc(Cl)c3)n2)CN1c1ccc(Cl)cc1F. The number of anilines is 1. The van der Waals surface area contributed by atoms with Gasteiger partial charge < -0.3 is 9.42 Å². The molecule has 1 amide bonds. The third-order valence-corrected chi connectivity index (χ3v) is 4.67. The van der Waals surface area contributed by atoms with E-state index in [1.165, 1.54) is 17.0 Å². The summed E-state index contributed by atoms with van der Waals surface area (Å²) in [6, 6.07) is 11.3. The van der Waals surface area contributed by atoms with Crippen LogP contribution in [0.4, 0.5) is 10.1 Å². The van der Waals surface area contributed by atoms with Crippen molar-refractivity contribution in [3.8, 4) is 11.5 Å². The van der Waals surface area contributed by atoms with E-state index in [-0.39, 0.29) is 35.5 Å². The molecule has 1 fully saturated rings. The molecule has 0 spiro atoms. The Morgan fingerprint density at radius 3 is 2.73 bits per heavy atom. The topological polar surface area (TPSA) is 59.2 Å². The van der Waals surface area contributed by atoms with Crippen molar-refractivity contribution in [2.45, 2.75) is 12.3 Å². The predicted octanol–water partition coefficient (Wildman–Crippen LogP) is 4.70. The zero-order chi connectivity index (χ0) is 18.3. The number of nitrogens with zero attached hydrogens (tertiary/aromatic N) is 3. The molecule has 0 saturated carbocycles. The second-order valence-corrected chi connectivity index (χ2v) is 6.84. The summed E-state index contributed by atoms with van der Waals surface area (Å²) < 4.78 is 19.4. The van der Waals surface area contributed by atoms with Crippen molar-refractivity contribution in [2.75, 3.05) is 11.4 Å². The molecule has 8 heteroatoms. The Kier molecular flexibility index (Phi) is 4.38. The molecular formula is C18H12Cl2FN3O2. The summed E-state index contributed by atoms with van der Waals surface area (Å²) in [6.07, 6.45) is 0.177. The van der Waals surface area contributed by atoms with Gasteiger partial charge in [-0.2, -0.15) is 4.98 Å². The molecule has 2 heterocycles. The Bertz CT molecular complexity index is 992. The molecule has 0 N–H and O–H groups in total. The Hall–Kier alpha value is -2.44. The monoisotopic (exact) mass is 391 g/mol. The average Bonchev–Trinajstić information content (AvgIpc) is 3.22. The molecule has 26 heavy (non-hydrogen) atoms. The number of rotatable bonds is 3. The van der Waals surface area contributed by atoms with Crippen LogP contribution in [0, 0.1) is 5.82 Å². The maximum absolute atomic E-state index is 14.1. The van der Waals surface area contributed by atoms with Crippen LogP contribution in [0.5, 0.6) is 0 Å². The summed E-state index contributed by atoms with van der Waals surface area (Å²) in [7, 11) is 0. The van der Waals surface area contributed by atoms with Crippen LogP contribution < -0.4 is 4.90 Å². The van der Waals surface area contributed by atoms with Crippen molar-refractivity contribution in [1.29, 1.82) is 0 Å². The maximum Gasteiger partial charge on any atom is 0.257 e. The van der Waals surface area contributed by atoms with Crippen LogP contribution in [0.25, 0.3) is 11.5 Å². The Morgan fingerprint density at radius 1 is 1.15 bits per heavy atom. The molecule has 2 aromatic carbocycles. The first kappa shape index (κ1) is 17.0. The lowest BCUT2D eigenvalue weighted by atomic mass is 10.1. The number of carbonyl (C=O) groups excluding carboxylic acids is 1. The summed E-state index contributed by atoms with van der Waals surface area (Å²) in [6.45, 7) is 0.270. The normalized spacial score (nSPS) is 17.1. The first-order valence-corrected chi connectivity index (χ1v) is 8.62. The lowest BCUT2D eigenvalue weighted by Gasteiger charge is -2.17. The van der Waals surface area contributed by atoms with Crippen LogP contribution in [-0.4, -0.2) is 22.6 Å². The fourth-order valence-corrected chi connectivity index (χ4v) is 3.30. The summed E-state index contributed by atoms with van der Waals surface area (Å²) in [5.74, 6) is -0.296. The molecule has 1 atom stereocenters. The second kappa shape index (κ2) is 6.70. The number of hydrogen-bond acceptors (Lipinski definition) is 4. The van der Waals surface area contributed by atoms with Gasteiger partial charge in [-0.15, -0.1) is 0 Å². The Balaban J connectivity index is 1.58. The van der Waals surface area contributed by atoms with Gasteiger partial charge in [-0.25, -0.2) is 4.39 Å². The molecule has 0 aliphatic carbocycles. The summed E-state index contributed by atoms with van der Waals surface area (Å²) in [4.78, 5) is 18.1. The maximum atomic E-state index is 14.1. The number of carbonyl (C=O) groups is 1. The van der Waals surface area contributed by atoms with Gasteiger partial charge in [0.15, 0.2) is 5.82 Å². The van der Waals surface area contributed by atoms with E-state index in [0.29, 0.717) is 22.3 Å². The molecule has 1 unspecified atom stereocenters. The highest BCUT2D eigenvalue weighted by molar-refractivity contribution is 6.31. The summed E-state index contributed by atoms with van der Waals surface area (Å²) in [5.41, 5.74) is 0.890. The van der Waals surface area contributed by atoms with Crippen LogP contribution in [0.3, 0.4) is 0 Å². The highest BCUT2D eigenvalue weighted by Gasteiger charge is 2.35. The molecular weight excluding hydrogens is 380 g/mol. The van der Waals surface area contributed by atoms with Crippen molar-refractivity contribution in [3.05, 3.63) is 64.2 Å². The molecule has 0 bridgehead atoms. The predicted molar refractivity (Wildman–Crippen MR) is 95.9 cm³/mol. The van der Waals surface area contributed by atoms with Crippen molar-refractivity contribution in [2.24, 2.45) is 0 Å². The fraction of sp³-hybridized carbons (Fsp3) is 0.167. The zero-order valence-electron chi connectivity index (χ0n) is 13.3. The molecule has 4 rings (SSSR count). The van der Waals surface area contributed by atoms with Crippen LogP contribution >= 0.6 is 23.2 Å². The summed E-state index contributed by atoms with van der Waals surface area (Å²) >= 11 is 11.7. The number of benzene rings is 2. The van der Waals surface area contributed by atoms with Gasteiger partial charge in [0.1, 0.15) is 5.82 Å². The molecule has 1 aliphatic rings. The molecule has 5 nitrogen and oxygen atoms in total. The van der Waals surface area contributed by atoms with E-state index >= 15 is 0 Å². The van der Waals surface area contributed by atoms with Gasteiger partial charge in [0.25, 0.3) is 5.89 Å². The van der Waals surface area contributed by atoms with Gasteiger partial charge >= 0.3 is 0 Å². The molecule has 132 valence electrons. The smallest absolute Gasteiger partial charge is 0.257 e. The van der Waals surface area contributed by atoms with E-state index < -0.39 is 5.82 Å². The standard InChI is InChI=1S/C18H12Cl2FN3O2/c19-12-3-1-2-10(6-12)18-22-17(23-26-18)11-7-16(25)24(9-11)15-5-4-13(20)8-14(15)21/h1-6,8,11H,7,9H2. The third kappa shape index (κ3) is 3.18. The van der Waals surface area contributed by atoms with E-state index in [1.54, 1.807) is 30.3 Å². The highest BCUT2D eigenvalue weighted by Crippen LogP contribution is 2.33. The van der Waals surface area contributed by atoms with Crippen LogP contribution in [0.15, 0.2) is 47.0 Å². The second-order valence-electron chi connectivity index (χ2n) is 5.97. The third-order valence-electron chi connectivity index (χ3n) is 4.20. The fourth-order valence-electron chi connectivity index (χ4n) is 2.95. The minimum absolute atomic E-state index is 0.177. The minimum atomic E-state index is -0.542. The Morgan fingerprint density at radius 2 is 1.96 bits per heavy atom. The number of hydrogen-bond donors (Lipinski definition) is 0. The molecule has 3 aromatic rings. The van der Waals surface area contributed by atoms with Crippen LogP contribution in [0.2, 0.25) is 10.0 Å². The first-order chi connectivity index (χ1) is 12.5. The van der Waals surface area contributed by atoms with Crippen molar-refractivity contribution >= 4 is 34.8 Å². The van der Waals surface area contributed by atoms with Gasteiger partial charge in [-0.3, -0.25) is 4.79 Å². The average molecular weight is 392 g/mol. The lowest BCUT2D eigenvalue weighted by Crippen LogP contribution is -2.25.